The molecular formula is C11H14BrN5. The fourth-order valence-corrected chi connectivity index (χ4v) is 2.04. The summed E-state index contributed by atoms with van der Waals surface area (Å²) in [5, 5.41) is 4.45. The molecule has 0 unspecified atom stereocenters. The first kappa shape index (κ1) is 12.2. The van der Waals surface area contributed by atoms with Crippen molar-refractivity contribution < 1.29 is 0 Å². The quantitative estimate of drug-likeness (QED) is 0.815. The van der Waals surface area contributed by atoms with E-state index in [9.17, 15) is 0 Å². The predicted octanol–water partition coefficient (Wildman–Crippen LogP) is 2.25. The maximum Gasteiger partial charge on any atom is 0.160 e. The van der Waals surface area contributed by atoms with Gasteiger partial charge in [-0.15, -0.1) is 5.10 Å². The molecule has 0 radical (unpaired) electrons. The van der Waals surface area contributed by atoms with E-state index in [1.54, 1.807) is 4.68 Å². The maximum atomic E-state index is 4.46. The van der Waals surface area contributed by atoms with Gasteiger partial charge >= 0.3 is 0 Å². The van der Waals surface area contributed by atoms with Crippen LogP contribution in [0, 0.1) is 6.92 Å². The second kappa shape index (κ2) is 4.91. The van der Waals surface area contributed by atoms with Crippen LogP contribution >= 0.6 is 15.9 Å². The molecule has 5 nitrogen and oxygen atoms in total. The van der Waals surface area contributed by atoms with Gasteiger partial charge in [0.2, 0.25) is 0 Å². The van der Waals surface area contributed by atoms with Crippen LogP contribution in [-0.4, -0.2) is 24.7 Å². The van der Waals surface area contributed by atoms with Crippen LogP contribution in [0.3, 0.4) is 0 Å². The van der Waals surface area contributed by atoms with Crippen LogP contribution in [0.5, 0.6) is 0 Å². The Morgan fingerprint density at radius 1 is 1.18 bits per heavy atom. The third-order valence-corrected chi connectivity index (χ3v) is 2.77. The zero-order chi connectivity index (χ0) is 12.4. The molecular weight excluding hydrogens is 282 g/mol. The Bertz CT molecular complexity index is 514. The van der Waals surface area contributed by atoms with Gasteiger partial charge in [-0.3, -0.25) is 0 Å². The summed E-state index contributed by atoms with van der Waals surface area (Å²) < 4.78 is 2.55. The molecule has 2 aromatic rings. The largest absolute Gasteiger partial charge is 0.226 e. The lowest BCUT2D eigenvalue weighted by atomic mass is 10.4. The Balaban J connectivity index is 2.54. The highest BCUT2D eigenvalue weighted by molar-refractivity contribution is 9.10. The average Bonchev–Trinajstić information content (AvgIpc) is 2.70. The Kier molecular flexibility index (Phi) is 3.51. The molecule has 0 aliphatic carbocycles. The average molecular weight is 296 g/mol. The normalized spacial score (nSPS) is 10.8. The van der Waals surface area contributed by atoms with Gasteiger partial charge in [0.1, 0.15) is 16.3 Å². The summed E-state index contributed by atoms with van der Waals surface area (Å²) in [5.41, 5.74) is 0. The number of nitrogens with zero attached hydrogens (tertiary/aromatic N) is 5. The van der Waals surface area contributed by atoms with Gasteiger partial charge in [0, 0.05) is 18.9 Å². The SMILES string of the molecule is CCc1nc(CC)n(-c2cc(Br)nc(C)n2)n1. The molecule has 0 aromatic carbocycles. The third kappa shape index (κ3) is 2.52. The van der Waals surface area contributed by atoms with Crippen molar-refractivity contribution in [3.05, 3.63) is 28.1 Å². The lowest BCUT2D eigenvalue weighted by Gasteiger charge is -2.04. The number of rotatable bonds is 3. The molecule has 0 bridgehead atoms. The van der Waals surface area contributed by atoms with E-state index in [1.807, 2.05) is 19.9 Å². The smallest absolute Gasteiger partial charge is 0.160 e. The number of aromatic nitrogens is 5. The zero-order valence-corrected chi connectivity index (χ0v) is 11.7. The minimum Gasteiger partial charge on any atom is -0.226 e. The highest BCUT2D eigenvalue weighted by Crippen LogP contribution is 2.13. The van der Waals surface area contributed by atoms with Gasteiger partial charge in [-0.05, 0) is 22.9 Å². The summed E-state index contributed by atoms with van der Waals surface area (Å²) in [4.78, 5) is 13.0. The monoisotopic (exact) mass is 295 g/mol. The molecule has 90 valence electrons. The van der Waals surface area contributed by atoms with Crippen LogP contribution in [0.2, 0.25) is 0 Å². The Labute approximate surface area is 108 Å². The van der Waals surface area contributed by atoms with Gasteiger partial charge in [-0.25, -0.2) is 15.0 Å². The third-order valence-electron chi connectivity index (χ3n) is 2.36. The first-order valence-electron chi connectivity index (χ1n) is 5.60. The highest BCUT2D eigenvalue weighted by atomic mass is 79.9. The van der Waals surface area contributed by atoms with Gasteiger partial charge in [-0.1, -0.05) is 13.8 Å². The number of hydrogen-bond acceptors (Lipinski definition) is 4. The van der Waals surface area contributed by atoms with Gasteiger partial charge in [0.25, 0.3) is 0 Å². The molecule has 0 amide bonds. The van der Waals surface area contributed by atoms with E-state index in [0.29, 0.717) is 5.82 Å². The summed E-state index contributed by atoms with van der Waals surface area (Å²) >= 11 is 3.37. The van der Waals surface area contributed by atoms with Crippen molar-refractivity contribution >= 4 is 15.9 Å². The Morgan fingerprint density at radius 2 is 1.94 bits per heavy atom. The zero-order valence-electron chi connectivity index (χ0n) is 10.1. The summed E-state index contributed by atoms with van der Waals surface area (Å²) in [7, 11) is 0. The molecule has 0 saturated carbocycles. The minimum absolute atomic E-state index is 0.713. The first-order chi connectivity index (χ1) is 8.13. The topological polar surface area (TPSA) is 56.5 Å². The predicted molar refractivity (Wildman–Crippen MR) is 68.1 cm³/mol. The maximum absolute atomic E-state index is 4.46. The molecule has 2 heterocycles. The van der Waals surface area contributed by atoms with Gasteiger partial charge < -0.3 is 0 Å². The van der Waals surface area contributed by atoms with E-state index in [0.717, 1.165) is 34.9 Å². The van der Waals surface area contributed by atoms with E-state index in [4.69, 9.17) is 0 Å². The van der Waals surface area contributed by atoms with Crippen molar-refractivity contribution in [1.29, 1.82) is 0 Å². The first-order valence-corrected chi connectivity index (χ1v) is 6.39. The summed E-state index contributed by atoms with van der Waals surface area (Å²) in [6.07, 6.45) is 1.65. The molecule has 0 fully saturated rings. The van der Waals surface area contributed by atoms with Crippen molar-refractivity contribution in [2.24, 2.45) is 0 Å². The molecule has 0 atom stereocenters. The number of hydrogen-bond donors (Lipinski definition) is 0. The fraction of sp³-hybridized carbons (Fsp3) is 0.455. The van der Waals surface area contributed by atoms with Crippen molar-refractivity contribution in [3.63, 3.8) is 0 Å². The number of halogens is 1. The Hall–Kier alpha value is -1.30. The number of aryl methyl sites for hydroxylation is 3. The second-order valence-electron chi connectivity index (χ2n) is 3.66. The minimum atomic E-state index is 0.713. The van der Waals surface area contributed by atoms with Crippen LogP contribution < -0.4 is 0 Å². The van der Waals surface area contributed by atoms with Crippen LogP contribution in [0.25, 0.3) is 5.82 Å². The van der Waals surface area contributed by atoms with Crippen molar-refractivity contribution in [3.8, 4) is 5.82 Å². The van der Waals surface area contributed by atoms with E-state index in [1.165, 1.54) is 0 Å². The molecule has 0 aliphatic heterocycles. The molecule has 2 aromatic heterocycles. The molecule has 0 aliphatic rings. The standard InChI is InChI=1S/C11H14BrN5/c1-4-9-15-10(5-2)17(16-9)11-6-8(12)13-7(3)14-11/h6H,4-5H2,1-3H3. The highest BCUT2D eigenvalue weighted by Gasteiger charge is 2.11. The van der Waals surface area contributed by atoms with Crippen molar-refractivity contribution in [1.82, 2.24) is 24.7 Å². The molecule has 0 N–H and O–H groups in total. The van der Waals surface area contributed by atoms with Crippen molar-refractivity contribution in [2.75, 3.05) is 0 Å². The van der Waals surface area contributed by atoms with Gasteiger partial charge in [0.15, 0.2) is 11.6 Å². The second-order valence-corrected chi connectivity index (χ2v) is 4.47. The Morgan fingerprint density at radius 3 is 2.53 bits per heavy atom. The lowest BCUT2D eigenvalue weighted by molar-refractivity contribution is 0.758. The summed E-state index contributed by atoms with van der Waals surface area (Å²) in [6, 6.07) is 1.85. The molecule has 6 heteroatoms. The van der Waals surface area contributed by atoms with Crippen LogP contribution in [0.15, 0.2) is 10.7 Å². The van der Waals surface area contributed by atoms with E-state index >= 15 is 0 Å². The van der Waals surface area contributed by atoms with Gasteiger partial charge in [-0.2, -0.15) is 4.68 Å². The molecule has 2 rings (SSSR count). The van der Waals surface area contributed by atoms with Crippen LogP contribution in [0.1, 0.15) is 31.3 Å². The molecule has 0 spiro atoms. The lowest BCUT2D eigenvalue weighted by Crippen LogP contribution is -2.06. The van der Waals surface area contributed by atoms with E-state index in [-0.39, 0.29) is 0 Å². The molecule has 0 saturated heterocycles. The summed E-state index contributed by atoms with van der Waals surface area (Å²) in [5.74, 6) is 3.24. The fourth-order valence-electron chi connectivity index (χ4n) is 1.58. The van der Waals surface area contributed by atoms with Crippen LogP contribution in [0.4, 0.5) is 0 Å². The van der Waals surface area contributed by atoms with Gasteiger partial charge in [0.05, 0.1) is 0 Å². The van der Waals surface area contributed by atoms with Crippen LogP contribution in [-0.2, 0) is 12.8 Å². The van der Waals surface area contributed by atoms with E-state index < -0.39 is 0 Å². The van der Waals surface area contributed by atoms with Crippen molar-refractivity contribution in [2.45, 2.75) is 33.6 Å². The molecule has 17 heavy (non-hydrogen) atoms. The van der Waals surface area contributed by atoms with E-state index in [2.05, 4.69) is 42.9 Å². The summed E-state index contributed by atoms with van der Waals surface area (Å²) in [6.45, 7) is 5.96.